The van der Waals surface area contributed by atoms with Crippen molar-refractivity contribution in [3.8, 4) is 0 Å². The molecule has 0 aromatic rings. The Balaban J connectivity index is 1.97. The second-order valence-electron chi connectivity index (χ2n) is 9.21. The van der Waals surface area contributed by atoms with E-state index in [4.69, 9.17) is 0 Å². The Kier molecular flexibility index (Phi) is 6.93. The van der Waals surface area contributed by atoms with Crippen molar-refractivity contribution >= 4 is 11.8 Å². The molecule has 25 heavy (non-hydrogen) atoms. The van der Waals surface area contributed by atoms with Gasteiger partial charge < -0.3 is 9.80 Å². The van der Waals surface area contributed by atoms with Crippen LogP contribution in [0.4, 0.5) is 0 Å². The van der Waals surface area contributed by atoms with Crippen LogP contribution in [0.5, 0.6) is 0 Å². The van der Waals surface area contributed by atoms with E-state index >= 15 is 0 Å². The first-order chi connectivity index (χ1) is 11.7. The number of fused-ring (bicyclic) bond motifs is 1. The summed E-state index contributed by atoms with van der Waals surface area (Å²) in [5.41, 5.74) is 0. The van der Waals surface area contributed by atoms with Gasteiger partial charge >= 0.3 is 0 Å². The van der Waals surface area contributed by atoms with Crippen LogP contribution in [0.25, 0.3) is 0 Å². The summed E-state index contributed by atoms with van der Waals surface area (Å²) in [6.07, 6.45) is 3.50. The molecular weight excluding hydrogens is 312 g/mol. The third kappa shape index (κ3) is 4.98. The van der Waals surface area contributed by atoms with Crippen molar-refractivity contribution in [2.24, 2.45) is 29.6 Å². The molecule has 4 heteroatoms. The fraction of sp³-hybridized carbons (Fsp3) is 0.905. The van der Waals surface area contributed by atoms with Gasteiger partial charge in [-0.3, -0.25) is 9.59 Å². The maximum absolute atomic E-state index is 12.8. The van der Waals surface area contributed by atoms with Gasteiger partial charge in [0.15, 0.2) is 0 Å². The molecule has 2 aliphatic heterocycles. The van der Waals surface area contributed by atoms with Crippen molar-refractivity contribution in [3.05, 3.63) is 0 Å². The van der Waals surface area contributed by atoms with E-state index in [1.54, 1.807) is 0 Å². The van der Waals surface area contributed by atoms with E-state index in [0.717, 1.165) is 32.5 Å². The van der Waals surface area contributed by atoms with Crippen LogP contribution in [0, 0.1) is 29.6 Å². The Morgan fingerprint density at radius 3 is 2.00 bits per heavy atom. The summed E-state index contributed by atoms with van der Waals surface area (Å²) >= 11 is 0. The van der Waals surface area contributed by atoms with Gasteiger partial charge in [0.25, 0.3) is 0 Å². The predicted octanol–water partition coefficient (Wildman–Crippen LogP) is 3.80. The zero-order valence-corrected chi connectivity index (χ0v) is 17.1. The van der Waals surface area contributed by atoms with Crippen molar-refractivity contribution in [3.63, 3.8) is 0 Å². The number of likely N-dealkylation sites (tertiary alicyclic amines) is 2. The molecule has 144 valence electrons. The maximum Gasteiger partial charge on any atom is 0.223 e. The summed E-state index contributed by atoms with van der Waals surface area (Å²) in [6, 6.07) is 0.249. The molecule has 0 N–H and O–H groups in total. The van der Waals surface area contributed by atoms with E-state index in [0.29, 0.717) is 48.3 Å². The predicted molar refractivity (Wildman–Crippen MR) is 102 cm³/mol. The summed E-state index contributed by atoms with van der Waals surface area (Å²) in [5.74, 6) is 2.94. The highest BCUT2D eigenvalue weighted by atomic mass is 16.2. The molecule has 2 aliphatic rings. The van der Waals surface area contributed by atoms with E-state index in [1.807, 2.05) is 4.90 Å². The van der Waals surface area contributed by atoms with Crippen LogP contribution >= 0.6 is 0 Å². The highest BCUT2D eigenvalue weighted by Gasteiger charge is 2.42. The molecule has 4 nitrogen and oxygen atoms in total. The summed E-state index contributed by atoms with van der Waals surface area (Å²) in [5, 5.41) is 0. The fourth-order valence-corrected chi connectivity index (χ4v) is 3.96. The summed E-state index contributed by atoms with van der Waals surface area (Å²) in [6.45, 7) is 15.5. The van der Waals surface area contributed by atoms with Gasteiger partial charge in [-0.05, 0) is 42.4 Å². The zero-order valence-electron chi connectivity index (χ0n) is 17.1. The van der Waals surface area contributed by atoms with Crippen molar-refractivity contribution in [1.29, 1.82) is 0 Å². The summed E-state index contributed by atoms with van der Waals surface area (Å²) < 4.78 is 0. The number of nitrogens with zero attached hydrogens (tertiary/aromatic N) is 2. The van der Waals surface area contributed by atoms with E-state index < -0.39 is 0 Å². The van der Waals surface area contributed by atoms with E-state index in [-0.39, 0.29) is 11.9 Å². The molecule has 2 heterocycles. The van der Waals surface area contributed by atoms with Gasteiger partial charge in [-0.25, -0.2) is 0 Å². The molecular formula is C21H38N2O2. The third-order valence-electron chi connectivity index (χ3n) is 6.72. The normalized spacial score (nSPS) is 26.1. The molecule has 0 aromatic carbocycles. The van der Waals surface area contributed by atoms with Crippen LogP contribution in [-0.2, 0) is 9.59 Å². The van der Waals surface area contributed by atoms with Gasteiger partial charge in [0.05, 0.1) is 6.04 Å². The van der Waals surface area contributed by atoms with Crippen LogP contribution in [0.1, 0.15) is 67.2 Å². The zero-order chi connectivity index (χ0) is 18.7. The smallest absolute Gasteiger partial charge is 0.223 e. The highest BCUT2D eigenvalue weighted by molar-refractivity contribution is 5.79. The first-order valence-electron chi connectivity index (χ1n) is 10.3. The van der Waals surface area contributed by atoms with Crippen molar-refractivity contribution in [2.45, 2.75) is 73.3 Å². The lowest BCUT2D eigenvalue weighted by Crippen LogP contribution is -2.49. The van der Waals surface area contributed by atoms with Crippen molar-refractivity contribution < 1.29 is 9.59 Å². The standard InChI is InChI=1S/C21H38N2O2/c1-14(2)16(5)10-20(24)22-12-18-8-7-9-23(19(18)13-22)21(25)11-17(6)15(3)4/h14-19H,7-13H2,1-6H3/t16-,17+,18-,19+/m0/s1. The first-order valence-corrected chi connectivity index (χ1v) is 10.3. The van der Waals surface area contributed by atoms with E-state index in [9.17, 15) is 9.59 Å². The van der Waals surface area contributed by atoms with Crippen molar-refractivity contribution in [1.82, 2.24) is 9.80 Å². The monoisotopic (exact) mass is 350 g/mol. The SMILES string of the molecule is CC(C)[C@H](C)CC(=O)N1CCC[C@H]2CN(C(=O)C[C@H](C)C(C)C)C[C@H]21. The molecule has 0 aliphatic carbocycles. The van der Waals surface area contributed by atoms with Gasteiger partial charge in [-0.2, -0.15) is 0 Å². The largest absolute Gasteiger partial charge is 0.340 e. The lowest BCUT2D eigenvalue weighted by Gasteiger charge is -2.37. The van der Waals surface area contributed by atoms with Gasteiger partial charge in [0.2, 0.25) is 11.8 Å². The molecule has 2 amide bonds. The minimum atomic E-state index is 0.249. The molecule has 0 unspecified atom stereocenters. The summed E-state index contributed by atoms with van der Waals surface area (Å²) in [7, 11) is 0. The molecule has 0 saturated carbocycles. The first kappa shape index (κ1) is 20.3. The third-order valence-corrected chi connectivity index (χ3v) is 6.72. The van der Waals surface area contributed by atoms with Crippen LogP contribution in [0.2, 0.25) is 0 Å². The number of hydrogen-bond donors (Lipinski definition) is 0. The number of hydrogen-bond acceptors (Lipinski definition) is 2. The topological polar surface area (TPSA) is 40.6 Å². The van der Waals surface area contributed by atoms with Gasteiger partial charge in [-0.15, -0.1) is 0 Å². The molecule has 0 radical (unpaired) electrons. The van der Waals surface area contributed by atoms with Crippen LogP contribution in [0.3, 0.4) is 0 Å². The van der Waals surface area contributed by atoms with Gasteiger partial charge in [-0.1, -0.05) is 41.5 Å². The van der Waals surface area contributed by atoms with Gasteiger partial charge in [0.1, 0.15) is 0 Å². The average Bonchev–Trinajstić information content (AvgIpc) is 2.98. The molecule has 4 atom stereocenters. The number of rotatable bonds is 6. The molecule has 2 saturated heterocycles. The minimum absolute atomic E-state index is 0.249. The number of amides is 2. The second-order valence-corrected chi connectivity index (χ2v) is 9.21. The number of carbonyl (C=O) groups is 2. The lowest BCUT2D eigenvalue weighted by molar-refractivity contribution is -0.137. The van der Waals surface area contributed by atoms with E-state index in [2.05, 4.69) is 46.4 Å². The van der Waals surface area contributed by atoms with Gasteiger partial charge in [0, 0.05) is 32.5 Å². The average molecular weight is 351 g/mol. The number of carbonyl (C=O) groups excluding carboxylic acids is 2. The van der Waals surface area contributed by atoms with Crippen LogP contribution in [0.15, 0.2) is 0 Å². The maximum atomic E-state index is 12.8. The van der Waals surface area contributed by atoms with Crippen LogP contribution < -0.4 is 0 Å². The number of piperidine rings is 1. The molecule has 0 bridgehead atoms. The molecule has 2 fully saturated rings. The lowest BCUT2D eigenvalue weighted by atomic mass is 9.89. The molecule has 0 spiro atoms. The quantitative estimate of drug-likeness (QED) is 0.731. The molecule has 2 rings (SSSR count). The summed E-state index contributed by atoms with van der Waals surface area (Å²) in [4.78, 5) is 29.6. The molecule has 0 aromatic heterocycles. The second kappa shape index (κ2) is 8.55. The Hall–Kier alpha value is -1.06. The Labute approximate surface area is 154 Å². The van der Waals surface area contributed by atoms with E-state index in [1.165, 1.54) is 0 Å². The Morgan fingerprint density at radius 2 is 1.44 bits per heavy atom. The van der Waals surface area contributed by atoms with Crippen molar-refractivity contribution in [2.75, 3.05) is 19.6 Å². The highest BCUT2D eigenvalue weighted by Crippen LogP contribution is 2.32. The minimum Gasteiger partial charge on any atom is -0.340 e. The Bertz CT molecular complexity index is 475. The Morgan fingerprint density at radius 1 is 0.880 bits per heavy atom. The fourth-order valence-electron chi connectivity index (χ4n) is 3.96. The van der Waals surface area contributed by atoms with Crippen LogP contribution in [-0.4, -0.2) is 47.3 Å².